The molecule has 0 saturated carbocycles. The summed E-state index contributed by atoms with van der Waals surface area (Å²) >= 11 is 0. The number of nitrogens with one attached hydrogen (secondary N) is 3. The maximum absolute atomic E-state index is 11.5. The van der Waals surface area contributed by atoms with E-state index >= 15 is 0 Å². The Morgan fingerprint density at radius 1 is 1.24 bits per heavy atom. The summed E-state index contributed by atoms with van der Waals surface area (Å²) in [5.41, 5.74) is 1.54. The van der Waals surface area contributed by atoms with Gasteiger partial charge in [-0.05, 0) is 38.5 Å². The molecule has 0 fully saturated rings. The second kappa shape index (κ2) is 12.9. The van der Waals surface area contributed by atoms with Gasteiger partial charge < -0.3 is 16.0 Å². The highest BCUT2D eigenvalue weighted by Crippen LogP contribution is 2.19. The molecule has 0 heterocycles. The lowest BCUT2D eigenvalue weighted by Crippen LogP contribution is -2.43. The van der Waals surface area contributed by atoms with Gasteiger partial charge >= 0.3 is 0 Å². The lowest BCUT2D eigenvalue weighted by atomic mass is 9.97. The first-order valence-corrected chi connectivity index (χ1v) is 7.65. The van der Waals surface area contributed by atoms with Crippen molar-refractivity contribution < 1.29 is 4.79 Å². The van der Waals surface area contributed by atoms with Gasteiger partial charge in [0.1, 0.15) is 0 Å². The van der Waals surface area contributed by atoms with Crippen molar-refractivity contribution >= 4 is 35.8 Å². The van der Waals surface area contributed by atoms with E-state index < -0.39 is 0 Å². The quantitative estimate of drug-likeness (QED) is 0.262. The fourth-order valence-corrected chi connectivity index (χ4v) is 2.18. The molecule has 3 N–H and O–H groups in total. The van der Waals surface area contributed by atoms with Crippen LogP contribution in [-0.2, 0) is 4.79 Å². The van der Waals surface area contributed by atoms with Gasteiger partial charge in [0.05, 0.1) is 6.54 Å². The maximum Gasteiger partial charge on any atom is 0.239 e. The Bertz CT molecular complexity index is 356. The number of rotatable bonds is 7. The molecule has 122 valence electrons. The van der Waals surface area contributed by atoms with E-state index in [0.29, 0.717) is 5.96 Å². The number of hydrogen-bond acceptors (Lipinski definition) is 2. The van der Waals surface area contributed by atoms with Gasteiger partial charge in [0.15, 0.2) is 5.96 Å². The van der Waals surface area contributed by atoms with E-state index in [1.807, 2.05) is 6.92 Å². The third kappa shape index (κ3) is 9.71. The molecule has 0 spiro atoms. The van der Waals surface area contributed by atoms with Crippen LogP contribution in [0.4, 0.5) is 0 Å². The molecular formula is C15H29IN4O. The van der Waals surface area contributed by atoms with Crippen molar-refractivity contribution in [2.24, 2.45) is 4.99 Å². The van der Waals surface area contributed by atoms with Gasteiger partial charge in [-0.15, -0.1) is 24.0 Å². The second-order valence-corrected chi connectivity index (χ2v) is 5.06. The van der Waals surface area contributed by atoms with E-state index in [9.17, 15) is 4.79 Å². The molecule has 5 nitrogen and oxygen atoms in total. The number of carbonyl (C=O) groups excluding carboxylic acids is 1. The zero-order chi connectivity index (χ0) is 14.6. The van der Waals surface area contributed by atoms with Crippen LogP contribution in [0.5, 0.6) is 0 Å². The smallest absolute Gasteiger partial charge is 0.239 e. The number of allylic oxidation sites excluding steroid dienone is 1. The van der Waals surface area contributed by atoms with Crippen LogP contribution in [0.1, 0.15) is 45.4 Å². The van der Waals surface area contributed by atoms with Crippen molar-refractivity contribution in [1.82, 2.24) is 16.0 Å². The van der Waals surface area contributed by atoms with Crippen molar-refractivity contribution in [3.05, 3.63) is 11.6 Å². The molecule has 0 aromatic heterocycles. The predicted octanol–water partition coefficient (Wildman–Crippen LogP) is 2.19. The van der Waals surface area contributed by atoms with E-state index in [0.717, 1.165) is 25.9 Å². The summed E-state index contributed by atoms with van der Waals surface area (Å²) in [7, 11) is 1.72. The molecule has 0 radical (unpaired) electrons. The van der Waals surface area contributed by atoms with Crippen LogP contribution in [0.3, 0.4) is 0 Å². The Morgan fingerprint density at radius 3 is 2.67 bits per heavy atom. The van der Waals surface area contributed by atoms with Crippen molar-refractivity contribution in [2.45, 2.75) is 45.4 Å². The van der Waals surface area contributed by atoms with Gasteiger partial charge in [0.25, 0.3) is 0 Å². The van der Waals surface area contributed by atoms with Crippen LogP contribution >= 0.6 is 24.0 Å². The van der Waals surface area contributed by atoms with E-state index in [2.05, 4.69) is 27.0 Å². The zero-order valence-corrected chi connectivity index (χ0v) is 15.5. The average molecular weight is 408 g/mol. The molecule has 0 aromatic rings. The Balaban J connectivity index is 0.00000400. The largest absolute Gasteiger partial charge is 0.356 e. The minimum absolute atomic E-state index is 0. The number of amides is 1. The molecule has 1 amide bonds. The summed E-state index contributed by atoms with van der Waals surface area (Å²) < 4.78 is 0. The molecule has 0 bridgehead atoms. The van der Waals surface area contributed by atoms with Crippen LogP contribution < -0.4 is 16.0 Å². The van der Waals surface area contributed by atoms with Gasteiger partial charge in [0.2, 0.25) is 5.91 Å². The third-order valence-electron chi connectivity index (χ3n) is 3.34. The highest BCUT2D eigenvalue weighted by atomic mass is 127. The first-order chi connectivity index (χ1) is 9.76. The fraction of sp³-hybridized carbons (Fsp3) is 0.733. The van der Waals surface area contributed by atoms with Crippen LogP contribution in [0.15, 0.2) is 16.6 Å². The van der Waals surface area contributed by atoms with Gasteiger partial charge in [0, 0.05) is 20.1 Å². The average Bonchev–Trinajstić information content (AvgIpc) is 2.49. The summed E-state index contributed by atoms with van der Waals surface area (Å²) in [5.74, 6) is 0.692. The number of nitrogens with zero attached hydrogens (tertiary/aromatic N) is 1. The van der Waals surface area contributed by atoms with Crippen LogP contribution in [0.25, 0.3) is 0 Å². The number of hydrogen-bond donors (Lipinski definition) is 3. The van der Waals surface area contributed by atoms with Crippen molar-refractivity contribution in [3.63, 3.8) is 0 Å². The SMILES string of the molecule is CCCNC(=O)CNC(=NC)NCCC1=CCCCC1.I. The number of halogens is 1. The molecule has 1 aliphatic carbocycles. The highest BCUT2D eigenvalue weighted by molar-refractivity contribution is 14.0. The standard InChI is InChI=1S/C15H28N4O.HI/c1-3-10-17-14(20)12-19-15(16-2)18-11-9-13-7-5-4-6-8-13;/h7H,3-6,8-12H2,1-2H3,(H,17,20)(H2,16,18,19);1H. The molecule has 0 saturated heterocycles. The first kappa shape index (κ1) is 20.2. The van der Waals surface area contributed by atoms with E-state index in [-0.39, 0.29) is 36.4 Å². The summed E-state index contributed by atoms with van der Waals surface area (Å²) in [5, 5.41) is 9.10. The predicted molar refractivity (Wildman–Crippen MR) is 99.2 cm³/mol. The molecule has 0 unspecified atom stereocenters. The highest BCUT2D eigenvalue weighted by Gasteiger charge is 2.05. The molecule has 1 aliphatic rings. The Kier molecular flexibility index (Phi) is 12.4. The molecule has 21 heavy (non-hydrogen) atoms. The lowest BCUT2D eigenvalue weighted by Gasteiger charge is -2.15. The number of aliphatic imine (C=N–C) groups is 1. The van der Waals surface area contributed by atoms with Crippen LogP contribution in [-0.4, -0.2) is 38.5 Å². The van der Waals surface area contributed by atoms with Crippen molar-refractivity contribution in [2.75, 3.05) is 26.7 Å². The fourth-order valence-electron chi connectivity index (χ4n) is 2.18. The van der Waals surface area contributed by atoms with Gasteiger partial charge in [-0.1, -0.05) is 18.6 Å². The Labute approximate surface area is 145 Å². The Hall–Kier alpha value is -0.790. The van der Waals surface area contributed by atoms with Gasteiger partial charge in [-0.3, -0.25) is 9.79 Å². The summed E-state index contributed by atoms with van der Waals surface area (Å²) in [6, 6.07) is 0. The van der Waals surface area contributed by atoms with Crippen molar-refractivity contribution in [3.8, 4) is 0 Å². The molecular weight excluding hydrogens is 379 g/mol. The molecule has 0 aromatic carbocycles. The van der Waals surface area contributed by atoms with Crippen LogP contribution in [0, 0.1) is 0 Å². The summed E-state index contributed by atoms with van der Waals surface area (Å²) in [6.45, 7) is 3.89. The maximum atomic E-state index is 11.5. The van der Waals surface area contributed by atoms with E-state index in [1.165, 1.54) is 25.7 Å². The van der Waals surface area contributed by atoms with Crippen molar-refractivity contribution in [1.29, 1.82) is 0 Å². The monoisotopic (exact) mass is 408 g/mol. The minimum Gasteiger partial charge on any atom is -0.356 e. The summed E-state index contributed by atoms with van der Waals surface area (Å²) in [6.07, 6.45) is 9.46. The lowest BCUT2D eigenvalue weighted by molar-refractivity contribution is -0.120. The molecule has 1 rings (SSSR count). The number of guanidine groups is 1. The first-order valence-electron chi connectivity index (χ1n) is 7.65. The van der Waals surface area contributed by atoms with Gasteiger partial charge in [-0.25, -0.2) is 0 Å². The normalized spacial score (nSPS) is 14.8. The molecule has 0 aliphatic heterocycles. The third-order valence-corrected chi connectivity index (χ3v) is 3.34. The van der Waals surface area contributed by atoms with Gasteiger partial charge in [-0.2, -0.15) is 0 Å². The molecule has 6 heteroatoms. The summed E-state index contributed by atoms with van der Waals surface area (Å²) in [4.78, 5) is 15.6. The van der Waals surface area contributed by atoms with E-state index in [4.69, 9.17) is 0 Å². The van der Waals surface area contributed by atoms with Crippen LogP contribution in [0.2, 0.25) is 0 Å². The van der Waals surface area contributed by atoms with E-state index in [1.54, 1.807) is 12.6 Å². The zero-order valence-electron chi connectivity index (χ0n) is 13.2. The number of carbonyl (C=O) groups is 1. The second-order valence-electron chi connectivity index (χ2n) is 5.06. The Morgan fingerprint density at radius 2 is 2.05 bits per heavy atom. The topological polar surface area (TPSA) is 65.5 Å². The molecule has 0 atom stereocenters. The minimum atomic E-state index is 0.